The highest BCUT2D eigenvalue weighted by atomic mass is 35.5. The minimum absolute atomic E-state index is 0.277. The number of hydrogen-bond donors (Lipinski definition) is 1. The van der Waals surface area contributed by atoms with E-state index in [0.717, 1.165) is 26.9 Å². The van der Waals surface area contributed by atoms with Crippen molar-refractivity contribution >= 4 is 67.4 Å². The third-order valence-electron chi connectivity index (χ3n) is 4.56. The van der Waals surface area contributed by atoms with Gasteiger partial charge in [0.25, 0.3) is 0 Å². The molecule has 0 aliphatic carbocycles. The fourth-order valence-corrected chi connectivity index (χ4v) is 5.36. The molecule has 3 aromatic rings. The van der Waals surface area contributed by atoms with Gasteiger partial charge in [0.05, 0.1) is 11.9 Å². The molecule has 0 saturated heterocycles. The van der Waals surface area contributed by atoms with Crippen molar-refractivity contribution in [2.45, 2.75) is 5.75 Å². The van der Waals surface area contributed by atoms with Crippen LogP contribution in [0.2, 0.25) is 10.0 Å². The maximum Gasteiger partial charge on any atom is 0.240 e. The van der Waals surface area contributed by atoms with Crippen molar-refractivity contribution in [3.8, 4) is 0 Å². The fourth-order valence-electron chi connectivity index (χ4n) is 3.08. The molecule has 0 heterocycles. The Morgan fingerprint density at radius 1 is 1.06 bits per heavy atom. The number of hydrogen-bond acceptors (Lipinski definition) is 4. The molecule has 0 atom stereocenters. The largest absolute Gasteiger partial charge is 0.354 e. The van der Waals surface area contributed by atoms with E-state index >= 15 is 0 Å². The van der Waals surface area contributed by atoms with E-state index in [1.165, 1.54) is 0 Å². The predicted octanol–water partition coefficient (Wildman–Crippen LogP) is 4.96. The number of carbonyl (C=O) groups excluding carboxylic acids is 1. The second-order valence-corrected chi connectivity index (χ2v) is 10.8. The van der Waals surface area contributed by atoms with Crippen LogP contribution in [0.15, 0.2) is 60.7 Å². The first-order valence-corrected chi connectivity index (χ1v) is 13.3. The standard InChI is InChI=1S/C22H22Cl2N2O3S2/c1-31(28,29)26(21-8-4-6-16-5-2-3-7-19(16)21)14-22(27)25-11-12-30-15-17-9-10-18(23)13-20(17)24/h2-10,13H,11-12,14-15H2,1H3,(H,25,27). The van der Waals surface area contributed by atoms with Crippen LogP contribution in [-0.2, 0) is 20.6 Å². The lowest BCUT2D eigenvalue weighted by molar-refractivity contribution is -0.119. The van der Waals surface area contributed by atoms with Gasteiger partial charge in [0, 0.05) is 33.5 Å². The highest BCUT2D eigenvalue weighted by Crippen LogP contribution is 2.28. The molecule has 0 bridgehead atoms. The number of fused-ring (bicyclic) bond motifs is 1. The Labute approximate surface area is 196 Å². The first-order valence-electron chi connectivity index (χ1n) is 9.49. The second kappa shape index (κ2) is 10.6. The highest BCUT2D eigenvalue weighted by molar-refractivity contribution is 7.98. The molecule has 0 spiro atoms. The van der Waals surface area contributed by atoms with E-state index in [2.05, 4.69) is 5.32 Å². The van der Waals surface area contributed by atoms with Gasteiger partial charge in [-0.15, -0.1) is 0 Å². The Morgan fingerprint density at radius 3 is 2.55 bits per heavy atom. The molecule has 1 amide bonds. The van der Waals surface area contributed by atoms with Crippen molar-refractivity contribution in [1.29, 1.82) is 0 Å². The molecular weight excluding hydrogens is 475 g/mol. The number of nitrogens with one attached hydrogen (secondary N) is 1. The minimum atomic E-state index is -3.64. The highest BCUT2D eigenvalue weighted by Gasteiger charge is 2.22. The monoisotopic (exact) mass is 496 g/mol. The van der Waals surface area contributed by atoms with Gasteiger partial charge in [0.1, 0.15) is 6.54 Å². The summed E-state index contributed by atoms with van der Waals surface area (Å²) in [6.07, 6.45) is 1.10. The number of sulfonamides is 1. The van der Waals surface area contributed by atoms with Crippen molar-refractivity contribution in [2.24, 2.45) is 0 Å². The van der Waals surface area contributed by atoms with Gasteiger partial charge in [-0.2, -0.15) is 11.8 Å². The molecule has 0 saturated carbocycles. The van der Waals surface area contributed by atoms with Gasteiger partial charge in [0.2, 0.25) is 15.9 Å². The molecule has 1 N–H and O–H groups in total. The van der Waals surface area contributed by atoms with Crippen LogP contribution >= 0.6 is 35.0 Å². The summed E-state index contributed by atoms with van der Waals surface area (Å²) in [5, 5.41) is 5.68. The van der Waals surface area contributed by atoms with E-state index in [4.69, 9.17) is 23.2 Å². The molecule has 0 aliphatic rings. The average molecular weight is 497 g/mol. The van der Waals surface area contributed by atoms with Crippen LogP contribution in [0.25, 0.3) is 10.8 Å². The molecule has 164 valence electrons. The van der Waals surface area contributed by atoms with Crippen LogP contribution < -0.4 is 9.62 Å². The van der Waals surface area contributed by atoms with Crippen LogP contribution in [0.1, 0.15) is 5.56 Å². The van der Waals surface area contributed by atoms with Crippen LogP contribution in [-0.4, -0.2) is 39.4 Å². The van der Waals surface area contributed by atoms with Crippen molar-refractivity contribution in [3.05, 3.63) is 76.3 Å². The molecule has 3 aromatic carbocycles. The third-order valence-corrected chi connectivity index (χ3v) is 7.29. The summed E-state index contributed by atoms with van der Waals surface area (Å²) in [6, 6.07) is 18.3. The van der Waals surface area contributed by atoms with E-state index in [0.29, 0.717) is 33.8 Å². The van der Waals surface area contributed by atoms with Crippen LogP contribution in [0.5, 0.6) is 0 Å². The van der Waals surface area contributed by atoms with E-state index in [1.54, 1.807) is 36.0 Å². The normalized spacial score (nSPS) is 11.5. The molecule has 0 unspecified atom stereocenters. The number of rotatable bonds is 9. The number of thioether (sulfide) groups is 1. The zero-order chi connectivity index (χ0) is 22.4. The summed E-state index contributed by atoms with van der Waals surface area (Å²) in [6.45, 7) is 0.141. The van der Waals surface area contributed by atoms with Gasteiger partial charge in [-0.1, -0.05) is 65.7 Å². The molecule has 0 aliphatic heterocycles. The van der Waals surface area contributed by atoms with Crippen molar-refractivity contribution in [3.63, 3.8) is 0 Å². The quantitative estimate of drug-likeness (QED) is 0.425. The summed E-state index contributed by atoms with van der Waals surface area (Å²) >= 11 is 13.7. The second-order valence-electron chi connectivity index (χ2n) is 6.91. The molecule has 0 radical (unpaired) electrons. The van der Waals surface area contributed by atoms with Gasteiger partial charge in [-0.3, -0.25) is 9.10 Å². The Morgan fingerprint density at radius 2 is 1.81 bits per heavy atom. The molecule has 0 fully saturated rings. The molecule has 3 rings (SSSR count). The Hall–Kier alpha value is -1.93. The number of benzene rings is 3. The maximum atomic E-state index is 12.5. The van der Waals surface area contributed by atoms with Crippen LogP contribution in [0, 0.1) is 0 Å². The lowest BCUT2D eigenvalue weighted by Gasteiger charge is -2.23. The average Bonchev–Trinajstić information content (AvgIpc) is 2.72. The van der Waals surface area contributed by atoms with Crippen molar-refractivity contribution in [2.75, 3.05) is 29.4 Å². The zero-order valence-electron chi connectivity index (χ0n) is 16.8. The van der Waals surface area contributed by atoms with Crippen molar-refractivity contribution in [1.82, 2.24) is 5.32 Å². The Balaban J connectivity index is 1.58. The molecule has 5 nitrogen and oxygen atoms in total. The Kier molecular flexibility index (Phi) is 8.11. The third kappa shape index (κ3) is 6.53. The lowest BCUT2D eigenvalue weighted by atomic mass is 10.1. The fraction of sp³-hybridized carbons (Fsp3) is 0.227. The topological polar surface area (TPSA) is 66.5 Å². The maximum absolute atomic E-state index is 12.5. The van der Waals surface area contributed by atoms with Gasteiger partial charge < -0.3 is 5.32 Å². The molecular formula is C22H22Cl2N2O3S2. The summed E-state index contributed by atoms with van der Waals surface area (Å²) in [5.41, 5.74) is 1.46. The minimum Gasteiger partial charge on any atom is -0.354 e. The Bertz CT molecular complexity index is 1180. The van der Waals surface area contributed by atoms with Crippen molar-refractivity contribution < 1.29 is 13.2 Å². The number of carbonyl (C=O) groups is 1. The smallest absolute Gasteiger partial charge is 0.240 e. The summed E-state index contributed by atoms with van der Waals surface area (Å²) in [4.78, 5) is 12.5. The SMILES string of the molecule is CS(=O)(=O)N(CC(=O)NCCSCc1ccc(Cl)cc1Cl)c1cccc2ccccc12. The van der Waals surface area contributed by atoms with Crippen LogP contribution in [0.4, 0.5) is 5.69 Å². The number of anilines is 1. The van der Waals surface area contributed by atoms with E-state index in [9.17, 15) is 13.2 Å². The molecule has 0 aromatic heterocycles. The van der Waals surface area contributed by atoms with Gasteiger partial charge in [0.15, 0.2) is 0 Å². The summed E-state index contributed by atoms with van der Waals surface area (Å²) in [5.74, 6) is 0.998. The van der Waals surface area contributed by atoms with E-state index in [1.807, 2.05) is 36.4 Å². The summed E-state index contributed by atoms with van der Waals surface area (Å²) < 4.78 is 26.0. The first-order chi connectivity index (χ1) is 14.8. The molecule has 9 heteroatoms. The molecule has 31 heavy (non-hydrogen) atoms. The zero-order valence-corrected chi connectivity index (χ0v) is 20.0. The van der Waals surface area contributed by atoms with E-state index < -0.39 is 10.0 Å². The lowest BCUT2D eigenvalue weighted by Crippen LogP contribution is -2.41. The van der Waals surface area contributed by atoms with E-state index in [-0.39, 0.29) is 12.5 Å². The predicted molar refractivity (Wildman–Crippen MR) is 132 cm³/mol. The number of amides is 1. The summed E-state index contributed by atoms with van der Waals surface area (Å²) in [7, 11) is -3.64. The van der Waals surface area contributed by atoms with Gasteiger partial charge in [-0.05, 0) is 29.1 Å². The first kappa shape index (κ1) is 23.7. The number of halogens is 2. The van der Waals surface area contributed by atoms with Crippen LogP contribution in [0.3, 0.4) is 0 Å². The van der Waals surface area contributed by atoms with Gasteiger partial charge in [-0.25, -0.2) is 8.42 Å². The number of nitrogens with zero attached hydrogens (tertiary/aromatic N) is 1. The van der Waals surface area contributed by atoms with Gasteiger partial charge >= 0.3 is 0 Å².